The summed E-state index contributed by atoms with van der Waals surface area (Å²) in [4.78, 5) is 14.5. The second kappa shape index (κ2) is 6.23. The first-order valence-electron chi connectivity index (χ1n) is 7.65. The Bertz CT molecular complexity index is 311. The van der Waals surface area contributed by atoms with Crippen molar-refractivity contribution in [1.29, 1.82) is 0 Å². The predicted octanol–water partition coefficient (Wildman–Crippen LogP) is 1.92. The van der Waals surface area contributed by atoms with Gasteiger partial charge in [-0.25, -0.2) is 0 Å². The largest absolute Gasteiger partial charge is 0.381 e. The van der Waals surface area contributed by atoms with E-state index in [2.05, 4.69) is 13.8 Å². The van der Waals surface area contributed by atoms with Gasteiger partial charge in [0, 0.05) is 32.2 Å². The van der Waals surface area contributed by atoms with Crippen molar-refractivity contribution in [3.05, 3.63) is 0 Å². The minimum Gasteiger partial charge on any atom is -0.381 e. The molecule has 0 aromatic heterocycles. The molecular weight excluding hydrogens is 240 g/mol. The number of likely N-dealkylation sites (tertiary alicyclic amines) is 1. The number of carbonyl (C=O) groups excluding carboxylic acids is 1. The quantitative estimate of drug-likeness (QED) is 0.851. The van der Waals surface area contributed by atoms with Crippen molar-refractivity contribution < 1.29 is 9.53 Å². The molecule has 0 spiro atoms. The molecule has 2 N–H and O–H groups in total. The van der Waals surface area contributed by atoms with E-state index in [-0.39, 0.29) is 17.5 Å². The molecule has 2 rings (SSSR count). The summed E-state index contributed by atoms with van der Waals surface area (Å²) >= 11 is 0. The molecule has 1 atom stereocenters. The molecule has 2 fully saturated rings. The first-order chi connectivity index (χ1) is 9.01. The Morgan fingerprint density at radius 3 is 2.68 bits per heavy atom. The monoisotopic (exact) mass is 268 g/mol. The Morgan fingerprint density at radius 1 is 1.32 bits per heavy atom. The lowest BCUT2D eigenvalue weighted by Gasteiger charge is -2.46. The maximum atomic E-state index is 12.4. The summed E-state index contributed by atoms with van der Waals surface area (Å²) in [6.07, 6.45) is 5.95. The smallest absolute Gasteiger partial charge is 0.223 e. The SMILES string of the molecule is CC1(C)C(N)CCCN1C(=O)CCC1CCOCC1. The summed E-state index contributed by atoms with van der Waals surface area (Å²) in [6.45, 7) is 6.79. The van der Waals surface area contributed by atoms with Gasteiger partial charge in [0.25, 0.3) is 0 Å². The van der Waals surface area contributed by atoms with Gasteiger partial charge in [-0.3, -0.25) is 4.79 Å². The maximum Gasteiger partial charge on any atom is 0.223 e. The highest BCUT2D eigenvalue weighted by atomic mass is 16.5. The van der Waals surface area contributed by atoms with Gasteiger partial charge < -0.3 is 15.4 Å². The molecule has 0 aliphatic carbocycles. The van der Waals surface area contributed by atoms with E-state index < -0.39 is 0 Å². The standard InChI is InChI=1S/C15H28N2O2/c1-15(2)13(16)4-3-9-17(15)14(18)6-5-12-7-10-19-11-8-12/h12-13H,3-11,16H2,1-2H3. The fraction of sp³-hybridized carbons (Fsp3) is 0.933. The van der Waals surface area contributed by atoms with Gasteiger partial charge in [0.1, 0.15) is 0 Å². The molecular formula is C15H28N2O2. The van der Waals surface area contributed by atoms with Crippen molar-refractivity contribution >= 4 is 5.91 Å². The third-order valence-corrected chi connectivity index (χ3v) is 4.91. The van der Waals surface area contributed by atoms with Crippen molar-refractivity contribution in [3.63, 3.8) is 0 Å². The topological polar surface area (TPSA) is 55.6 Å². The van der Waals surface area contributed by atoms with Crippen LogP contribution in [0.15, 0.2) is 0 Å². The van der Waals surface area contributed by atoms with Crippen LogP contribution in [0.4, 0.5) is 0 Å². The van der Waals surface area contributed by atoms with E-state index in [1.165, 1.54) is 0 Å². The molecule has 0 radical (unpaired) electrons. The number of hydrogen-bond donors (Lipinski definition) is 1. The molecule has 4 nitrogen and oxygen atoms in total. The molecule has 0 saturated carbocycles. The number of hydrogen-bond acceptors (Lipinski definition) is 3. The van der Waals surface area contributed by atoms with Gasteiger partial charge >= 0.3 is 0 Å². The van der Waals surface area contributed by atoms with Crippen LogP contribution in [0, 0.1) is 5.92 Å². The third kappa shape index (κ3) is 3.48. The van der Waals surface area contributed by atoms with Crippen molar-refractivity contribution in [2.45, 2.75) is 64.0 Å². The van der Waals surface area contributed by atoms with Crippen molar-refractivity contribution in [1.82, 2.24) is 4.90 Å². The fourth-order valence-electron chi connectivity index (χ4n) is 3.25. The van der Waals surface area contributed by atoms with E-state index in [1.54, 1.807) is 0 Å². The van der Waals surface area contributed by atoms with E-state index in [0.717, 1.165) is 51.9 Å². The zero-order valence-corrected chi connectivity index (χ0v) is 12.4. The zero-order chi connectivity index (χ0) is 13.9. The van der Waals surface area contributed by atoms with Gasteiger partial charge in [-0.1, -0.05) is 0 Å². The molecule has 2 saturated heterocycles. The van der Waals surface area contributed by atoms with E-state index in [1.807, 2.05) is 4.90 Å². The lowest BCUT2D eigenvalue weighted by molar-refractivity contribution is -0.139. The molecule has 2 aliphatic rings. The summed E-state index contributed by atoms with van der Waals surface area (Å²) in [7, 11) is 0. The van der Waals surface area contributed by atoms with Crippen LogP contribution in [0.25, 0.3) is 0 Å². The third-order valence-electron chi connectivity index (χ3n) is 4.91. The maximum absolute atomic E-state index is 12.4. The summed E-state index contributed by atoms with van der Waals surface area (Å²) in [5, 5.41) is 0. The zero-order valence-electron chi connectivity index (χ0n) is 12.4. The van der Waals surface area contributed by atoms with Crippen molar-refractivity contribution in [2.24, 2.45) is 11.7 Å². The molecule has 2 heterocycles. The van der Waals surface area contributed by atoms with E-state index in [4.69, 9.17) is 10.5 Å². The molecule has 1 amide bonds. The Balaban J connectivity index is 1.84. The summed E-state index contributed by atoms with van der Waals surface area (Å²) in [5.41, 5.74) is 5.98. The van der Waals surface area contributed by atoms with Crippen LogP contribution in [0.5, 0.6) is 0 Å². The van der Waals surface area contributed by atoms with Gasteiger partial charge in [-0.15, -0.1) is 0 Å². The van der Waals surface area contributed by atoms with Gasteiger partial charge in [0.05, 0.1) is 5.54 Å². The first-order valence-corrected chi connectivity index (χ1v) is 7.65. The number of piperidine rings is 1. The van der Waals surface area contributed by atoms with E-state index in [0.29, 0.717) is 12.3 Å². The molecule has 0 aromatic rings. The Morgan fingerprint density at radius 2 is 2.00 bits per heavy atom. The number of rotatable bonds is 3. The highest BCUT2D eigenvalue weighted by Crippen LogP contribution is 2.28. The average molecular weight is 268 g/mol. The minimum atomic E-state index is -0.189. The predicted molar refractivity (Wildman–Crippen MR) is 75.8 cm³/mol. The van der Waals surface area contributed by atoms with Crippen molar-refractivity contribution in [2.75, 3.05) is 19.8 Å². The minimum absolute atomic E-state index is 0.105. The highest BCUT2D eigenvalue weighted by Gasteiger charge is 2.38. The lowest BCUT2D eigenvalue weighted by atomic mass is 9.85. The lowest BCUT2D eigenvalue weighted by Crippen LogP contribution is -2.61. The Kier molecular flexibility index (Phi) is 4.85. The van der Waals surface area contributed by atoms with Gasteiger partial charge in [0.15, 0.2) is 0 Å². The van der Waals surface area contributed by atoms with Crippen LogP contribution < -0.4 is 5.73 Å². The molecule has 0 aromatic carbocycles. The number of carbonyl (C=O) groups is 1. The van der Waals surface area contributed by atoms with Crippen LogP contribution in [0.1, 0.15) is 52.4 Å². The van der Waals surface area contributed by atoms with Crippen LogP contribution in [-0.2, 0) is 9.53 Å². The van der Waals surface area contributed by atoms with Gasteiger partial charge in [0.2, 0.25) is 5.91 Å². The van der Waals surface area contributed by atoms with Crippen LogP contribution in [0.3, 0.4) is 0 Å². The van der Waals surface area contributed by atoms with E-state index >= 15 is 0 Å². The normalized spacial score (nSPS) is 28.4. The summed E-state index contributed by atoms with van der Waals surface area (Å²) < 4.78 is 5.36. The highest BCUT2D eigenvalue weighted by molar-refractivity contribution is 5.77. The number of ether oxygens (including phenoxy) is 1. The average Bonchev–Trinajstić information content (AvgIpc) is 2.40. The molecule has 1 unspecified atom stereocenters. The van der Waals surface area contributed by atoms with Gasteiger partial charge in [-0.2, -0.15) is 0 Å². The van der Waals surface area contributed by atoms with E-state index in [9.17, 15) is 4.79 Å². The van der Waals surface area contributed by atoms with Crippen molar-refractivity contribution in [3.8, 4) is 0 Å². The van der Waals surface area contributed by atoms with Gasteiger partial charge in [-0.05, 0) is 51.9 Å². The molecule has 2 aliphatic heterocycles. The second-order valence-corrected chi connectivity index (χ2v) is 6.54. The number of nitrogens with two attached hydrogens (primary N) is 1. The first kappa shape index (κ1) is 14.8. The Hall–Kier alpha value is -0.610. The number of amides is 1. The van der Waals surface area contributed by atoms with Crippen LogP contribution in [-0.4, -0.2) is 42.1 Å². The molecule has 0 bridgehead atoms. The van der Waals surface area contributed by atoms with Crippen LogP contribution >= 0.6 is 0 Å². The fourth-order valence-corrected chi connectivity index (χ4v) is 3.25. The second-order valence-electron chi connectivity index (χ2n) is 6.54. The Labute approximate surface area is 116 Å². The van der Waals surface area contributed by atoms with Crippen LogP contribution in [0.2, 0.25) is 0 Å². The summed E-state index contributed by atoms with van der Waals surface area (Å²) in [6, 6.07) is 0.105. The number of nitrogens with zero attached hydrogens (tertiary/aromatic N) is 1. The molecule has 110 valence electrons. The molecule has 4 heteroatoms. The molecule has 19 heavy (non-hydrogen) atoms. The summed E-state index contributed by atoms with van der Waals surface area (Å²) in [5.74, 6) is 0.950.